The van der Waals surface area contributed by atoms with Crippen molar-refractivity contribution in [3.05, 3.63) is 33.7 Å². The Bertz CT molecular complexity index is 490. The highest BCUT2D eigenvalue weighted by atomic mass is 16.1. The van der Waals surface area contributed by atoms with E-state index in [0.717, 1.165) is 37.1 Å². The van der Waals surface area contributed by atoms with Crippen LogP contribution in [-0.2, 0) is 5.54 Å². The second-order valence-corrected chi connectivity index (χ2v) is 5.01. The molecule has 0 spiro atoms. The first-order valence-corrected chi connectivity index (χ1v) is 6.21. The van der Waals surface area contributed by atoms with Gasteiger partial charge in [0, 0.05) is 23.5 Å². The van der Waals surface area contributed by atoms with Crippen LogP contribution in [0.1, 0.15) is 43.5 Å². The van der Waals surface area contributed by atoms with E-state index < -0.39 is 5.54 Å². The fourth-order valence-corrected chi connectivity index (χ4v) is 3.06. The quantitative estimate of drug-likeness (QED) is 0.744. The summed E-state index contributed by atoms with van der Waals surface area (Å²) < 4.78 is 2.06. The van der Waals surface area contributed by atoms with E-state index in [4.69, 9.17) is 0 Å². The molecule has 0 aromatic carbocycles. The Morgan fingerprint density at radius 1 is 1.18 bits per heavy atom. The SMILES string of the molecule is Cc1cc(=O)cc(C)n1C1(C#N)CCCCC1. The molecule has 1 fully saturated rings. The van der Waals surface area contributed by atoms with Crippen molar-refractivity contribution < 1.29 is 0 Å². The minimum absolute atomic E-state index is 0.0279. The average molecular weight is 230 g/mol. The number of hydrogen-bond acceptors (Lipinski definition) is 2. The van der Waals surface area contributed by atoms with E-state index in [1.807, 2.05) is 13.8 Å². The third-order valence-corrected chi connectivity index (χ3v) is 3.72. The maximum Gasteiger partial charge on any atom is 0.182 e. The predicted octanol–water partition coefficient (Wildman–Crippen LogP) is 2.65. The lowest BCUT2D eigenvalue weighted by Crippen LogP contribution is -2.37. The molecule has 0 bridgehead atoms. The van der Waals surface area contributed by atoms with E-state index in [-0.39, 0.29) is 5.43 Å². The lowest BCUT2D eigenvalue weighted by molar-refractivity contribution is 0.257. The van der Waals surface area contributed by atoms with E-state index in [1.165, 1.54) is 6.42 Å². The molecule has 1 aromatic rings. The van der Waals surface area contributed by atoms with Gasteiger partial charge in [-0.1, -0.05) is 19.3 Å². The van der Waals surface area contributed by atoms with E-state index in [9.17, 15) is 10.1 Å². The van der Waals surface area contributed by atoms with Crippen LogP contribution in [0, 0.1) is 25.2 Å². The maximum absolute atomic E-state index is 11.4. The first-order valence-electron chi connectivity index (χ1n) is 6.21. The topological polar surface area (TPSA) is 45.8 Å². The normalized spacial score (nSPS) is 18.6. The highest BCUT2D eigenvalue weighted by Crippen LogP contribution is 2.35. The molecule has 0 aliphatic heterocycles. The summed E-state index contributed by atoms with van der Waals surface area (Å²) in [4.78, 5) is 11.4. The molecule has 0 radical (unpaired) electrons. The van der Waals surface area contributed by atoms with Gasteiger partial charge in [0.1, 0.15) is 5.54 Å². The Morgan fingerprint density at radius 3 is 2.18 bits per heavy atom. The second-order valence-electron chi connectivity index (χ2n) is 5.01. The van der Waals surface area contributed by atoms with Crippen LogP contribution in [0.3, 0.4) is 0 Å². The minimum Gasteiger partial charge on any atom is -0.330 e. The van der Waals surface area contributed by atoms with Crippen LogP contribution >= 0.6 is 0 Å². The zero-order valence-electron chi connectivity index (χ0n) is 10.5. The van der Waals surface area contributed by atoms with Gasteiger partial charge in [0.25, 0.3) is 0 Å². The zero-order chi connectivity index (χ0) is 12.5. The summed E-state index contributed by atoms with van der Waals surface area (Å²) >= 11 is 0. The van der Waals surface area contributed by atoms with Crippen molar-refractivity contribution in [2.75, 3.05) is 0 Å². The second kappa shape index (κ2) is 4.37. The highest BCUT2D eigenvalue weighted by Gasteiger charge is 2.35. The van der Waals surface area contributed by atoms with E-state index in [0.29, 0.717) is 0 Å². The summed E-state index contributed by atoms with van der Waals surface area (Å²) in [5.41, 5.74) is 1.40. The number of aromatic nitrogens is 1. The third-order valence-electron chi connectivity index (χ3n) is 3.72. The Hall–Kier alpha value is -1.56. The van der Waals surface area contributed by atoms with Crippen molar-refractivity contribution in [1.82, 2.24) is 4.57 Å². The molecule has 3 heteroatoms. The maximum atomic E-state index is 11.4. The number of hydrogen-bond donors (Lipinski definition) is 0. The molecular formula is C14H18N2O. The van der Waals surface area contributed by atoms with Gasteiger partial charge in [0.2, 0.25) is 0 Å². The molecule has 0 atom stereocenters. The van der Waals surface area contributed by atoms with Gasteiger partial charge in [-0.15, -0.1) is 0 Å². The van der Waals surface area contributed by atoms with Gasteiger partial charge in [0.15, 0.2) is 5.43 Å². The molecule has 17 heavy (non-hydrogen) atoms. The molecule has 1 aliphatic carbocycles. The van der Waals surface area contributed by atoms with E-state index >= 15 is 0 Å². The average Bonchev–Trinajstić information content (AvgIpc) is 2.28. The molecule has 0 saturated heterocycles. The molecule has 2 rings (SSSR count). The van der Waals surface area contributed by atoms with Crippen molar-refractivity contribution >= 4 is 0 Å². The third kappa shape index (κ3) is 2.00. The Balaban J connectivity index is 2.59. The number of nitrogens with zero attached hydrogens (tertiary/aromatic N) is 2. The molecule has 0 N–H and O–H groups in total. The van der Waals surface area contributed by atoms with Gasteiger partial charge < -0.3 is 4.57 Å². The Kier molecular flexibility index (Phi) is 3.06. The van der Waals surface area contributed by atoms with Gasteiger partial charge >= 0.3 is 0 Å². The standard InChI is InChI=1S/C14H18N2O/c1-11-8-13(17)9-12(2)16(11)14(10-15)6-4-3-5-7-14/h8-9H,3-7H2,1-2H3. The summed E-state index contributed by atoms with van der Waals surface area (Å²) in [6, 6.07) is 5.75. The number of aryl methyl sites for hydroxylation is 2. The summed E-state index contributed by atoms with van der Waals surface area (Å²) in [7, 11) is 0. The van der Waals surface area contributed by atoms with Crippen molar-refractivity contribution in [2.24, 2.45) is 0 Å². The van der Waals surface area contributed by atoms with Crippen LogP contribution in [0.2, 0.25) is 0 Å². The molecule has 1 aromatic heterocycles. The fourth-order valence-electron chi connectivity index (χ4n) is 3.06. The van der Waals surface area contributed by atoms with Gasteiger partial charge in [-0.25, -0.2) is 0 Å². The van der Waals surface area contributed by atoms with E-state index in [1.54, 1.807) is 12.1 Å². The van der Waals surface area contributed by atoms with Gasteiger partial charge in [-0.2, -0.15) is 5.26 Å². The molecule has 1 heterocycles. The van der Waals surface area contributed by atoms with Crippen LogP contribution in [0.5, 0.6) is 0 Å². The lowest BCUT2D eigenvalue weighted by atomic mass is 9.82. The first-order chi connectivity index (χ1) is 8.09. The number of pyridine rings is 1. The van der Waals surface area contributed by atoms with Gasteiger partial charge in [0.05, 0.1) is 6.07 Å². The van der Waals surface area contributed by atoms with Crippen LogP contribution in [-0.4, -0.2) is 4.57 Å². The molecule has 90 valence electrons. The van der Waals surface area contributed by atoms with Crippen LogP contribution < -0.4 is 5.43 Å². The zero-order valence-corrected chi connectivity index (χ0v) is 10.5. The van der Waals surface area contributed by atoms with Crippen molar-refractivity contribution in [2.45, 2.75) is 51.5 Å². The lowest BCUT2D eigenvalue weighted by Gasteiger charge is -2.36. The van der Waals surface area contributed by atoms with Gasteiger partial charge in [-0.3, -0.25) is 4.79 Å². The van der Waals surface area contributed by atoms with E-state index in [2.05, 4.69) is 10.6 Å². The smallest absolute Gasteiger partial charge is 0.182 e. The highest BCUT2D eigenvalue weighted by molar-refractivity contribution is 5.20. The molecule has 0 amide bonds. The van der Waals surface area contributed by atoms with Crippen LogP contribution in [0.25, 0.3) is 0 Å². The molecule has 1 saturated carbocycles. The summed E-state index contributed by atoms with van der Waals surface area (Å²) in [5.74, 6) is 0. The number of nitriles is 1. The van der Waals surface area contributed by atoms with Crippen LogP contribution in [0.15, 0.2) is 16.9 Å². The fraction of sp³-hybridized carbons (Fsp3) is 0.571. The minimum atomic E-state index is -0.430. The largest absolute Gasteiger partial charge is 0.330 e. The number of rotatable bonds is 1. The summed E-state index contributed by atoms with van der Waals surface area (Å²) in [5, 5.41) is 9.56. The molecule has 0 unspecified atom stereocenters. The Labute approximate surface area is 102 Å². The molecule has 3 nitrogen and oxygen atoms in total. The first kappa shape index (κ1) is 11.9. The summed E-state index contributed by atoms with van der Waals surface area (Å²) in [6.07, 6.45) is 5.20. The molecule has 1 aliphatic rings. The molecular weight excluding hydrogens is 212 g/mol. The monoisotopic (exact) mass is 230 g/mol. The predicted molar refractivity (Wildman–Crippen MR) is 66.8 cm³/mol. The van der Waals surface area contributed by atoms with Gasteiger partial charge in [-0.05, 0) is 26.7 Å². The summed E-state index contributed by atoms with van der Waals surface area (Å²) in [6.45, 7) is 3.84. The van der Waals surface area contributed by atoms with Crippen molar-refractivity contribution in [3.8, 4) is 6.07 Å². The van der Waals surface area contributed by atoms with Crippen LogP contribution in [0.4, 0.5) is 0 Å². The van der Waals surface area contributed by atoms with Crippen molar-refractivity contribution in [3.63, 3.8) is 0 Å². The Morgan fingerprint density at radius 2 is 1.71 bits per heavy atom. The van der Waals surface area contributed by atoms with Crippen molar-refractivity contribution in [1.29, 1.82) is 5.26 Å².